The molecule has 2 rings (SSSR count). The van der Waals surface area contributed by atoms with Gasteiger partial charge in [-0.15, -0.1) is 0 Å². The molecule has 0 aromatic heterocycles. The molecule has 2 N–H and O–H groups in total. The van der Waals surface area contributed by atoms with Gasteiger partial charge in [0.1, 0.15) is 0 Å². The van der Waals surface area contributed by atoms with Crippen molar-refractivity contribution in [3.8, 4) is 0 Å². The van der Waals surface area contributed by atoms with Crippen molar-refractivity contribution in [3.63, 3.8) is 0 Å². The SMILES string of the molecule is CC[C@@H](C(=O)Nc1ccc(Cl)cc1C(=O)O)c1ccccc1. The number of benzene rings is 2. The van der Waals surface area contributed by atoms with Gasteiger partial charge in [0, 0.05) is 5.02 Å². The van der Waals surface area contributed by atoms with E-state index in [4.69, 9.17) is 11.6 Å². The van der Waals surface area contributed by atoms with E-state index in [1.54, 1.807) is 6.07 Å². The molecule has 0 unspecified atom stereocenters. The van der Waals surface area contributed by atoms with Crippen molar-refractivity contribution in [2.45, 2.75) is 19.3 Å². The summed E-state index contributed by atoms with van der Waals surface area (Å²) in [5.41, 5.74) is 1.12. The fourth-order valence-electron chi connectivity index (χ4n) is 2.28. The standard InChI is InChI=1S/C17H16ClNO3/c1-2-13(11-6-4-3-5-7-11)16(20)19-15-9-8-12(18)10-14(15)17(21)22/h3-10,13H,2H2,1H3,(H,19,20)(H,21,22)/t13-/m1/s1. The molecule has 1 atom stereocenters. The van der Waals surface area contributed by atoms with Crippen LogP contribution in [0, 0.1) is 0 Å². The van der Waals surface area contributed by atoms with E-state index in [0.717, 1.165) is 5.56 Å². The molecule has 0 aliphatic carbocycles. The molecule has 4 nitrogen and oxygen atoms in total. The number of rotatable bonds is 5. The van der Waals surface area contributed by atoms with E-state index in [1.807, 2.05) is 37.3 Å². The number of carboxylic acid groups (broad SMARTS) is 1. The summed E-state index contributed by atoms with van der Waals surface area (Å²) in [5.74, 6) is -1.71. The highest BCUT2D eigenvalue weighted by Crippen LogP contribution is 2.25. The molecular weight excluding hydrogens is 302 g/mol. The van der Waals surface area contributed by atoms with Crippen molar-refractivity contribution in [2.75, 3.05) is 5.32 Å². The maximum atomic E-state index is 12.5. The van der Waals surface area contributed by atoms with E-state index < -0.39 is 5.97 Å². The van der Waals surface area contributed by atoms with E-state index in [0.29, 0.717) is 11.4 Å². The Balaban J connectivity index is 2.26. The second kappa shape index (κ2) is 7.09. The third-order valence-corrected chi connectivity index (χ3v) is 3.63. The Morgan fingerprint density at radius 1 is 1.18 bits per heavy atom. The molecular formula is C17H16ClNO3. The van der Waals surface area contributed by atoms with Crippen molar-refractivity contribution in [1.29, 1.82) is 0 Å². The second-order valence-corrected chi connectivity index (χ2v) is 5.29. The van der Waals surface area contributed by atoms with Crippen LogP contribution in [-0.4, -0.2) is 17.0 Å². The number of carbonyl (C=O) groups excluding carboxylic acids is 1. The van der Waals surface area contributed by atoms with Crippen molar-refractivity contribution in [1.82, 2.24) is 0 Å². The van der Waals surface area contributed by atoms with Gasteiger partial charge in [0.2, 0.25) is 5.91 Å². The Morgan fingerprint density at radius 2 is 1.86 bits per heavy atom. The molecule has 0 heterocycles. The van der Waals surface area contributed by atoms with E-state index >= 15 is 0 Å². The van der Waals surface area contributed by atoms with Crippen molar-refractivity contribution >= 4 is 29.2 Å². The summed E-state index contributed by atoms with van der Waals surface area (Å²) >= 11 is 5.81. The molecule has 0 fully saturated rings. The Kier molecular flexibility index (Phi) is 5.17. The van der Waals surface area contributed by atoms with Crippen LogP contribution in [0.15, 0.2) is 48.5 Å². The lowest BCUT2D eigenvalue weighted by Crippen LogP contribution is -2.22. The number of hydrogen-bond donors (Lipinski definition) is 2. The monoisotopic (exact) mass is 317 g/mol. The van der Waals surface area contributed by atoms with Crippen LogP contribution < -0.4 is 5.32 Å². The average molecular weight is 318 g/mol. The third-order valence-electron chi connectivity index (χ3n) is 3.40. The molecule has 2 aromatic carbocycles. The fraction of sp³-hybridized carbons (Fsp3) is 0.176. The number of hydrogen-bond acceptors (Lipinski definition) is 2. The largest absolute Gasteiger partial charge is 0.478 e. The van der Waals surface area contributed by atoms with Crippen LogP contribution >= 0.6 is 11.6 Å². The fourth-order valence-corrected chi connectivity index (χ4v) is 2.45. The molecule has 0 saturated heterocycles. The predicted molar refractivity (Wildman–Crippen MR) is 86.5 cm³/mol. The first-order valence-electron chi connectivity index (χ1n) is 6.91. The molecule has 1 amide bonds. The Labute approximate surface area is 133 Å². The quantitative estimate of drug-likeness (QED) is 0.869. The minimum atomic E-state index is -1.13. The summed E-state index contributed by atoms with van der Waals surface area (Å²) < 4.78 is 0. The highest BCUT2D eigenvalue weighted by molar-refractivity contribution is 6.31. The first-order valence-corrected chi connectivity index (χ1v) is 7.29. The molecule has 0 aliphatic rings. The first-order chi connectivity index (χ1) is 10.5. The summed E-state index contributed by atoms with van der Waals surface area (Å²) in [4.78, 5) is 23.7. The summed E-state index contributed by atoms with van der Waals surface area (Å²) in [6.07, 6.45) is 0.617. The molecule has 0 aliphatic heterocycles. The van der Waals surface area contributed by atoms with E-state index in [-0.39, 0.29) is 23.1 Å². The number of halogens is 1. The zero-order valence-electron chi connectivity index (χ0n) is 12.0. The maximum Gasteiger partial charge on any atom is 0.337 e. The smallest absolute Gasteiger partial charge is 0.337 e. The summed E-state index contributed by atoms with van der Waals surface area (Å²) in [6.45, 7) is 1.91. The first kappa shape index (κ1) is 16.0. The van der Waals surface area contributed by atoms with Gasteiger partial charge >= 0.3 is 5.97 Å². The lowest BCUT2D eigenvalue weighted by atomic mass is 9.95. The van der Waals surface area contributed by atoms with Gasteiger partial charge in [-0.3, -0.25) is 4.79 Å². The number of amides is 1. The highest BCUT2D eigenvalue weighted by atomic mass is 35.5. The summed E-state index contributed by atoms with van der Waals surface area (Å²) in [5, 5.41) is 12.2. The lowest BCUT2D eigenvalue weighted by molar-refractivity contribution is -0.117. The van der Waals surface area contributed by atoms with Gasteiger partial charge in [-0.1, -0.05) is 48.9 Å². The van der Waals surface area contributed by atoms with Crippen molar-refractivity contribution < 1.29 is 14.7 Å². The normalized spacial score (nSPS) is 11.7. The molecule has 22 heavy (non-hydrogen) atoms. The van der Waals surface area contributed by atoms with E-state index in [2.05, 4.69) is 5.32 Å². The molecule has 5 heteroatoms. The minimum absolute atomic E-state index is 0.0243. The summed E-state index contributed by atoms with van der Waals surface area (Å²) in [7, 11) is 0. The van der Waals surface area contributed by atoms with Gasteiger partial charge in [0.05, 0.1) is 17.2 Å². The molecule has 0 radical (unpaired) electrons. The maximum absolute atomic E-state index is 12.5. The molecule has 0 bridgehead atoms. The molecule has 0 spiro atoms. The van der Waals surface area contributed by atoms with Crippen LogP contribution in [0.3, 0.4) is 0 Å². The Bertz CT molecular complexity index is 686. The van der Waals surface area contributed by atoms with Gasteiger partial charge in [-0.2, -0.15) is 0 Å². The third kappa shape index (κ3) is 3.65. The average Bonchev–Trinajstić information content (AvgIpc) is 2.50. The highest BCUT2D eigenvalue weighted by Gasteiger charge is 2.20. The van der Waals surface area contributed by atoms with Crippen LogP contribution in [0.4, 0.5) is 5.69 Å². The topological polar surface area (TPSA) is 66.4 Å². The second-order valence-electron chi connectivity index (χ2n) is 4.86. The zero-order chi connectivity index (χ0) is 16.1. The van der Waals surface area contributed by atoms with Crippen LogP contribution in [-0.2, 0) is 4.79 Å². The number of carbonyl (C=O) groups is 2. The van der Waals surface area contributed by atoms with Gasteiger partial charge in [-0.25, -0.2) is 4.79 Å². The van der Waals surface area contributed by atoms with Crippen LogP contribution in [0.2, 0.25) is 5.02 Å². The number of carboxylic acids is 1. The van der Waals surface area contributed by atoms with Crippen molar-refractivity contribution in [3.05, 3.63) is 64.7 Å². The molecule has 2 aromatic rings. The Hall–Kier alpha value is -2.33. The van der Waals surface area contributed by atoms with E-state index in [9.17, 15) is 14.7 Å². The minimum Gasteiger partial charge on any atom is -0.478 e. The lowest BCUT2D eigenvalue weighted by Gasteiger charge is -2.16. The van der Waals surface area contributed by atoms with Gasteiger partial charge in [0.25, 0.3) is 0 Å². The van der Waals surface area contributed by atoms with Crippen LogP contribution in [0.1, 0.15) is 35.2 Å². The van der Waals surface area contributed by atoms with Gasteiger partial charge < -0.3 is 10.4 Å². The molecule has 114 valence electrons. The molecule has 0 saturated carbocycles. The summed E-state index contributed by atoms with van der Waals surface area (Å²) in [6, 6.07) is 13.8. The van der Waals surface area contributed by atoms with Crippen LogP contribution in [0.5, 0.6) is 0 Å². The Morgan fingerprint density at radius 3 is 2.45 bits per heavy atom. The van der Waals surface area contributed by atoms with E-state index in [1.165, 1.54) is 12.1 Å². The van der Waals surface area contributed by atoms with Gasteiger partial charge in [-0.05, 0) is 30.2 Å². The number of aromatic carboxylic acids is 1. The predicted octanol–water partition coefficient (Wildman–Crippen LogP) is 4.17. The van der Waals surface area contributed by atoms with Gasteiger partial charge in [0.15, 0.2) is 0 Å². The van der Waals surface area contributed by atoms with Crippen LogP contribution in [0.25, 0.3) is 0 Å². The zero-order valence-corrected chi connectivity index (χ0v) is 12.8. The number of anilines is 1. The number of nitrogens with one attached hydrogen (secondary N) is 1. The van der Waals surface area contributed by atoms with Crippen molar-refractivity contribution in [2.24, 2.45) is 0 Å².